The van der Waals surface area contributed by atoms with Crippen LogP contribution in [0.15, 0.2) is 67.0 Å². The van der Waals surface area contributed by atoms with Gasteiger partial charge in [0.25, 0.3) is 11.8 Å². The summed E-state index contributed by atoms with van der Waals surface area (Å²) in [6.07, 6.45) is 3.77. The Labute approximate surface area is 294 Å². The maximum Gasteiger partial charge on any atom is 0.469 e. The van der Waals surface area contributed by atoms with Crippen molar-refractivity contribution in [2.75, 3.05) is 11.5 Å². The number of hydrogen-bond acceptors (Lipinski definition) is 8. The Bertz CT molecular complexity index is 2080. The van der Waals surface area contributed by atoms with Crippen LogP contribution in [-0.4, -0.2) is 54.7 Å². The van der Waals surface area contributed by atoms with Crippen LogP contribution in [0.25, 0.3) is 0 Å². The Balaban J connectivity index is 1.37. The van der Waals surface area contributed by atoms with Gasteiger partial charge in [0.15, 0.2) is 5.82 Å². The highest BCUT2D eigenvalue weighted by atomic mass is 35.5. The Kier molecular flexibility index (Phi) is 9.29. The number of fused-ring (bicyclic) bond motifs is 1. The molecule has 1 aliphatic carbocycles. The number of benzene rings is 2. The van der Waals surface area contributed by atoms with Gasteiger partial charge in [-0.25, -0.2) is 18.8 Å². The van der Waals surface area contributed by atoms with Crippen LogP contribution in [0.2, 0.25) is 10.0 Å². The van der Waals surface area contributed by atoms with E-state index in [2.05, 4.69) is 25.1 Å². The standard InChI is InChI=1S/C32H27Cl2FN7O7P/c1-31(14-18-5-7-19(15-36)8-6-18)29(45)41(20-12-21(33)26(35)22(34)13-20)30-38-16-24(42(30)31)28(44)39-23(17-49-50(46,47)48)27(43)40-32(9-10-32)25-4-2-3-11-37-25/h2-8,11-13,16,23H,9-10,14,17H2,1H3,(H,39,44)(H,40,43)(H2,46,47,48)/t23-,31+/m0/s1. The SMILES string of the molecule is C[C@@]1(Cc2ccc(C#N)cc2)C(=O)N(c2cc(Cl)c(F)c(Cl)c2)c2ncc(C(=O)N[C@@H](COP(=O)(O)O)C(=O)NC3(c4ccccn4)CC3)n21. The lowest BCUT2D eigenvalue weighted by atomic mass is 9.91. The average molecular weight is 742 g/mol. The molecule has 18 heteroatoms. The highest BCUT2D eigenvalue weighted by molar-refractivity contribution is 7.46. The third-order valence-corrected chi connectivity index (χ3v) is 9.53. The summed E-state index contributed by atoms with van der Waals surface area (Å²) in [4.78, 5) is 70.5. The zero-order valence-electron chi connectivity index (χ0n) is 26.0. The van der Waals surface area contributed by atoms with Gasteiger partial charge in [0.05, 0.1) is 51.4 Å². The third-order valence-electron chi connectivity index (χ3n) is 8.49. The monoisotopic (exact) mass is 741 g/mol. The Morgan fingerprint density at radius 2 is 1.82 bits per heavy atom. The zero-order chi connectivity index (χ0) is 36.0. The predicted octanol–water partition coefficient (Wildman–Crippen LogP) is 4.25. The number of nitriles is 1. The number of phosphoric ester groups is 1. The molecule has 1 saturated carbocycles. The lowest BCUT2D eigenvalue weighted by Gasteiger charge is -2.27. The molecule has 1 aliphatic heterocycles. The second kappa shape index (κ2) is 13.2. The predicted molar refractivity (Wildman–Crippen MR) is 177 cm³/mol. The Hall–Kier alpha value is -4.68. The number of carbonyl (C=O) groups is 3. The quantitative estimate of drug-likeness (QED) is 0.127. The fraction of sp³-hybridized carbons (Fsp3) is 0.250. The van der Waals surface area contributed by atoms with Crippen molar-refractivity contribution in [3.8, 4) is 6.07 Å². The molecule has 6 rings (SSSR count). The summed E-state index contributed by atoms with van der Waals surface area (Å²) in [6, 6.07) is 14.4. The molecule has 2 aromatic carbocycles. The molecule has 0 spiro atoms. The maximum atomic E-state index is 14.4. The van der Waals surface area contributed by atoms with E-state index in [1.807, 2.05) is 6.07 Å². The van der Waals surface area contributed by atoms with Crippen LogP contribution >= 0.6 is 31.0 Å². The second-order valence-electron chi connectivity index (χ2n) is 12.0. The number of rotatable bonds is 11. The van der Waals surface area contributed by atoms with Gasteiger partial charge in [0, 0.05) is 12.6 Å². The Morgan fingerprint density at radius 1 is 1.14 bits per heavy atom. The van der Waals surface area contributed by atoms with Crippen molar-refractivity contribution in [2.45, 2.75) is 43.3 Å². The molecule has 2 aliphatic rings. The number of pyridine rings is 1. The molecule has 2 aromatic heterocycles. The molecule has 1 fully saturated rings. The van der Waals surface area contributed by atoms with Gasteiger partial charge >= 0.3 is 7.82 Å². The fourth-order valence-electron chi connectivity index (χ4n) is 5.85. The van der Waals surface area contributed by atoms with Crippen molar-refractivity contribution in [2.24, 2.45) is 0 Å². The molecular formula is C32H27Cl2FN7O7P. The fourth-order valence-corrected chi connectivity index (χ4v) is 6.67. The molecule has 2 atom stereocenters. The summed E-state index contributed by atoms with van der Waals surface area (Å²) in [5.41, 5.74) is -0.991. The minimum absolute atomic E-state index is 0.0157. The van der Waals surface area contributed by atoms with E-state index in [4.69, 9.17) is 23.2 Å². The number of nitrogens with one attached hydrogen (secondary N) is 2. The van der Waals surface area contributed by atoms with E-state index in [1.54, 1.807) is 55.6 Å². The van der Waals surface area contributed by atoms with Crippen molar-refractivity contribution >= 4 is 60.4 Å². The molecule has 3 amide bonds. The molecular weight excluding hydrogens is 715 g/mol. The lowest BCUT2D eigenvalue weighted by Crippen LogP contribution is -2.52. The molecule has 4 aromatic rings. The minimum Gasteiger partial charge on any atom is -0.343 e. The molecule has 50 heavy (non-hydrogen) atoms. The molecule has 0 unspecified atom stereocenters. The first-order valence-corrected chi connectivity index (χ1v) is 17.3. The summed E-state index contributed by atoms with van der Waals surface area (Å²) in [5, 5.41) is 13.8. The van der Waals surface area contributed by atoms with Gasteiger partial charge in [0.2, 0.25) is 11.9 Å². The van der Waals surface area contributed by atoms with Crippen molar-refractivity contribution in [3.63, 3.8) is 0 Å². The van der Waals surface area contributed by atoms with Crippen molar-refractivity contribution < 1.29 is 37.6 Å². The van der Waals surface area contributed by atoms with Crippen LogP contribution in [0.5, 0.6) is 0 Å². The van der Waals surface area contributed by atoms with Crippen molar-refractivity contribution in [1.29, 1.82) is 5.26 Å². The van der Waals surface area contributed by atoms with Crippen LogP contribution < -0.4 is 15.5 Å². The van der Waals surface area contributed by atoms with Crippen LogP contribution in [-0.2, 0) is 36.2 Å². The minimum atomic E-state index is -5.08. The number of aromatic nitrogens is 3. The van der Waals surface area contributed by atoms with Crippen LogP contribution in [0.1, 0.15) is 47.1 Å². The van der Waals surface area contributed by atoms with Crippen LogP contribution in [0, 0.1) is 17.1 Å². The van der Waals surface area contributed by atoms with Crippen molar-refractivity contribution in [3.05, 3.63) is 105 Å². The smallest absolute Gasteiger partial charge is 0.343 e. The number of anilines is 2. The van der Waals surface area contributed by atoms with Gasteiger partial charge in [-0.3, -0.25) is 28.5 Å². The number of phosphoric acid groups is 1. The van der Waals surface area contributed by atoms with E-state index in [9.17, 15) is 38.4 Å². The highest BCUT2D eigenvalue weighted by Gasteiger charge is 2.52. The molecule has 0 bridgehead atoms. The molecule has 0 saturated heterocycles. The van der Waals surface area contributed by atoms with E-state index >= 15 is 0 Å². The van der Waals surface area contributed by atoms with E-state index in [0.717, 1.165) is 11.1 Å². The van der Waals surface area contributed by atoms with Gasteiger partial charge in [-0.2, -0.15) is 5.26 Å². The zero-order valence-corrected chi connectivity index (χ0v) is 28.4. The van der Waals surface area contributed by atoms with E-state index in [-0.39, 0.29) is 33.8 Å². The average Bonchev–Trinajstić information content (AvgIpc) is 3.67. The summed E-state index contributed by atoms with van der Waals surface area (Å²) in [6.45, 7) is 0.647. The molecule has 0 radical (unpaired) electrons. The Morgan fingerprint density at radius 3 is 2.40 bits per heavy atom. The second-order valence-corrected chi connectivity index (χ2v) is 14.1. The highest BCUT2D eigenvalue weighted by Crippen LogP contribution is 2.46. The first kappa shape index (κ1) is 35.2. The molecule has 14 nitrogen and oxygen atoms in total. The normalized spacial score (nSPS) is 18.3. The van der Waals surface area contributed by atoms with Gasteiger partial charge in [0.1, 0.15) is 17.3 Å². The first-order chi connectivity index (χ1) is 23.7. The maximum absolute atomic E-state index is 14.4. The van der Waals surface area contributed by atoms with Crippen LogP contribution in [0.3, 0.4) is 0 Å². The number of amides is 3. The summed E-state index contributed by atoms with van der Waals surface area (Å²) in [7, 11) is -5.08. The van der Waals surface area contributed by atoms with E-state index < -0.39 is 55.1 Å². The number of carbonyl (C=O) groups excluding carboxylic acids is 3. The van der Waals surface area contributed by atoms with E-state index in [0.29, 0.717) is 29.7 Å². The van der Waals surface area contributed by atoms with Crippen molar-refractivity contribution in [1.82, 2.24) is 25.2 Å². The van der Waals surface area contributed by atoms with Crippen LogP contribution in [0.4, 0.5) is 16.0 Å². The molecule has 4 N–H and O–H groups in total. The summed E-state index contributed by atoms with van der Waals surface area (Å²) < 4.78 is 32.0. The van der Waals surface area contributed by atoms with Gasteiger partial charge in [-0.1, -0.05) is 41.4 Å². The number of imidazole rings is 1. The number of halogens is 3. The third kappa shape index (κ3) is 6.74. The lowest BCUT2D eigenvalue weighted by molar-refractivity contribution is -0.125. The molecule has 3 heterocycles. The first-order valence-electron chi connectivity index (χ1n) is 15.0. The van der Waals surface area contributed by atoms with Gasteiger partial charge in [-0.05, 0) is 61.7 Å². The number of hydrogen-bond donors (Lipinski definition) is 4. The van der Waals surface area contributed by atoms with E-state index in [1.165, 1.54) is 16.7 Å². The van der Waals surface area contributed by atoms with Gasteiger partial charge in [-0.15, -0.1) is 0 Å². The number of nitrogens with zero attached hydrogens (tertiary/aromatic N) is 5. The largest absolute Gasteiger partial charge is 0.469 e. The van der Waals surface area contributed by atoms with Gasteiger partial charge < -0.3 is 20.4 Å². The molecule has 258 valence electrons. The summed E-state index contributed by atoms with van der Waals surface area (Å²) >= 11 is 12.1. The topological polar surface area (TPSA) is 200 Å². The summed E-state index contributed by atoms with van der Waals surface area (Å²) in [5.74, 6) is -3.29.